The second kappa shape index (κ2) is 8.91. The number of rotatable bonds is 6. The molecule has 3 atom stereocenters. The van der Waals surface area contributed by atoms with Crippen molar-refractivity contribution in [2.45, 2.75) is 64.1 Å². The van der Waals surface area contributed by atoms with E-state index in [0.717, 1.165) is 24.2 Å². The van der Waals surface area contributed by atoms with E-state index in [0.29, 0.717) is 30.3 Å². The SMILES string of the molecule is COc1ccc(C(NC(=O)CC2CC3CCC(C2)N3)C(C)C)cc1.Cl. The van der Waals surface area contributed by atoms with Crippen LogP contribution in [0, 0.1) is 11.8 Å². The van der Waals surface area contributed by atoms with Gasteiger partial charge in [0.05, 0.1) is 13.2 Å². The smallest absolute Gasteiger partial charge is 0.220 e. The monoisotopic (exact) mass is 366 g/mol. The highest BCUT2D eigenvalue weighted by molar-refractivity contribution is 5.85. The molecule has 0 aliphatic carbocycles. The van der Waals surface area contributed by atoms with Crippen LogP contribution in [0.4, 0.5) is 0 Å². The molecule has 2 fully saturated rings. The second-order valence-electron chi connectivity index (χ2n) is 7.74. The summed E-state index contributed by atoms with van der Waals surface area (Å²) < 4.78 is 5.22. The van der Waals surface area contributed by atoms with Gasteiger partial charge in [-0.3, -0.25) is 4.79 Å². The number of carbonyl (C=O) groups is 1. The van der Waals surface area contributed by atoms with Crippen LogP contribution in [0.2, 0.25) is 0 Å². The van der Waals surface area contributed by atoms with Gasteiger partial charge in [0.2, 0.25) is 5.91 Å². The first-order chi connectivity index (χ1) is 11.5. The van der Waals surface area contributed by atoms with Crippen LogP contribution < -0.4 is 15.4 Å². The third-order valence-corrected chi connectivity index (χ3v) is 5.50. The summed E-state index contributed by atoms with van der Waals surface area (Å²) in [6, 6.07) is 9.36. The Hall–Kier alpha value is -1.26. The number of nitrogens with one attached hydrogen (secondary N) is 2. The number of amides is 1. The molecule has 0 saturated carbocycles. The van der Waals surface area contributed by atoms with E-state index < -0.39 is 0 Å². The Labute approximate surface area is 157 Å². The average Bonchev–Trinajstić information content (AvgIpc) is 2.91. The maximum atomic E-state index is 12.6. The molecule has 2 aliphatic heterocycles. The van der Waals surface area contributed by atoms with Gasteiger partial charge in [-0.05, 0) is 55.2 Å². The molecule has 0 spiro atoms. The van der Waals surface area contributed by atoms with Crippen molar-refractivity contribution in [3.8, 4) is 5.75 Å². The number of carbonyl (C=O) groups excluding carboxylic acids is 1. The molecule has 1 aromatic rings. The fraction of sp³-hybridized carbons (Fsp3) is 0.650. The summed E-state index contributed by atoms with van der Waals surface area (Å²) in [6.07, 6.45) is 5.53. The van der Waals surface area contributed by atoms with E-state index in [-0.39, 0.29) is 24.4 Å². The first kappa shape index (κ1) is 20.1. The van der Waals surface area contributed by atoms with Gasteiger partial charge in [0.15, 0.2) is 0 Å². The first-order valence-corrected chi connectivity index (χ1v) is 9.24. The summed E-state index contributed by atoms with van der Waals surface area (Å²) in [7, 11) is 1.67. The molecule has 4 nitrogen and oxygen atoms in total. The lowest BCUT2D eigenvalue weighted by atomic mass is 9.89. The zero-order valence-corrected chi connectivity index (χ0v) is 16.3. The van der Waals surface area contributed by atoms with E-state index in [4.69, 9.17) is 4.74 Å². The topological polar surface area (TPSA) is 50.4 Å². The van der Waals surface area contributed by atoms with Gasteiger partial charge in [0.25, 0.3) is 0 Å². The van der Waals surface area contributed by atoms with Crippen LogP contribution in [0.15, 0.2) is 24.3 Å². The van der Waals surface area contributed by atoms with Crippen LogP contribution in [-0.4, -0.2) is 25.1 Å². The highest BCUT2D eigenvalue weighted by Crippen LogP contribution is 2.33. The molecule has 140 valence electrons. The van der Waals surface area contributed by atoms with E-state index in [1.54, 1.807) is 7.11 Å². The summed E-state index contributed by atoms with van der Waals surface area (Å²) in [5.74, 6) is 1.92. The quantitative estimate of drug-likeness (QED) is 0.803. The van der Waals surface area contributed by atoms with Gasteiger partial charge in [0.1, 0.15) is 5.75 Å². The zero-order chi connectivity index (χ0) is 17.1. The minimum absolute atomic E-state index is 0. The Morgan fingerprint density at radius 3 is 2.32 bits per heavy atom. The van der Waals surface area contributed by atoms with Crippen LogP contribution in [0.1, 0.15) is 57.6 Å². The van der Waals surface area contributed by atoms with E-state index in [1.807, 2.05) is 12.1 Å². The number of benzene rings is 1. The fourth-order valence-corrected chi connectivity index (χ4v) is 4.28. The van der Waals surface area contributed by atoms with E-state index in [1.165, 1.54) is 12.8 Å². The van der Waals surface area contributed by atoms with Crippen molar-refractivity contribution < 1.29 is 9.53 Å². The van der Waals surface area contributed by atoms with Gasteiger partial charge >= 0.3 is 0 Å². The second-order valence-corrected chi connectivity index (χ2v) is 7.74. The predicted molar refractivity (Wildman–Crippen MR) is 103 cm³/mol. The van der Waals surface area contributed by atoms with Gasteiger partial charge in [0, 0.05) is 18.5 Å². The molecular formula is C20H31ClN2O2. The molecule has 1 aromatic carbocycles. The summed E-state index contributed by atoms with van der Waals surface area (Å²) >= 11 is 0. The Bertz CT molecular complexity index is 549. The van der Waals surface area contributed by atoms with E-state index >= 15 is 0 Å². The minimum atomic E-state index is 0. The highest BCUT2D eigenvalue weighted by Gasteiger charge is 2.34. The summed E-state index contributed by atoms with van der Waals surface area (Å²) in [5.41, 5.74) is 1.14. The van der Waals surface area contributed by atoms with Gasteiger partial charge in [-0.15, -0.1) is 12.4 Å². The largest absolute Gasteiger partial charge is 0.497 e. The molecule has 3 unspecified atom stereocenters. The standard InChI is InChI=1S/C20H30N2O2.ClH/c1-13(2)20(15-4-8-18(24-3)9-5-15)22-19(23)12-14-10-16-6-7-17(11-14)21-16;/h4-5,8-9,13-14,16-17,20-21H,6-7,10-12H2,1-3H3,(H,22,23);1H. The van der Waals surface area contributed by atoms with Crippen molar-refractivity contribution in [1.82, 2.24) is 10.6 Å². The number of piperidine rings is 1. The maximum absolute atomic E-state index is 12.6. The Morgan fingerprint density at radius 2 is 1.80 bits per heavy atom. The van der Waals surface area contributed by atoms with Crippen LogP contribution >= 0.6 is 12.4 Å². The van der Waals surface area contributed by atoms with Crippen LogP contribution in [0.3, 0.4) is 0 Å². The third-order valence-electron chi connectivity index (χ3n) is 5.50. The minimum Gasteiger partial charge on any atom is -0.497 e. The molecule has 0 aromatic heterocycles. The average molecular weight is 367 g/mol. The van der Waals surface area contributed by atoms with Crippen LogP contribution in [-0.2, 0) is 4.79 Å². The molecule has 2 saturated heterocycles. The number of fused-ring (bicyclic) bond motifs is 2. The van der Waals surface area contributed by atoms with Crippen molar-refractivity contribution >= 4 is 18.3 Å². The van der Waals surface area contributed by atoms with Gasteiger partial charge < -0.3 is 15.4 Å². The fourth-order valence-electron chi connectivity index (χ4n) is 4.28. The van der Waals surface area contributed by atoms with Crippen molar-refractivity contribution in [3.05, 3.63) is 29.8 Å². The van der Waals surface area contributed by atoms with Crippen molar-refractivity contribution in [1.29, 1.82) is 0 Å². The maximum Gasteiger partial charge on any atom is 0.220 e. The number of halogens is 1. The van der Waals surface area contributed by atoms with Crippen LogP contribution in [0.5, 0.6) is 5.75 Å². The Kier molecular flexibility index (Phi) is 7.14. The molecule has 2 heterocycles. The Balaban J connectivity index is 0.00000225. The molecule has 5 heteroatoms. The van der Waals surface area contributed by atoms with E-state index in [2.05, 4.69) is 36.6 Å². The summed E-state index contributed by atoms with van der Waals surface area (Å²) in [4.78, 5) is 12.6. The van der Waals surface area contributed by atoms with Gasteiger partial charge in [-0.25, -0.2) is 0 Å². The lowest BCUT2D eigenvalue weighted by Gasteiger charge is -2.30. The Morgan fingerprint density at radius 1 is 1.20 bits per heavy atom. The lowest BCUT2D eigenvalue weighted by molar-refractivity contribution is -0.123. The molecular weight excluding hydrogens is 336 g/mol. The van der Waals surface area contributed by atoms with Crippen LogP contribution in [0.25, 0.3) is 0 Å². The molecule has 25 heavy (non-hydrogen) atoms. The lowest BCUT2D eigenvalue weighted by Crippen LogP contribution is -2.40. The number of methoxy groups -OCH3 is 1. The zero-order valence-electron chi connectivity index (χ0n) is 15.5. The number of ether oxygens (including phenoxy) is 1. The number of hydrogen-bond acceptors (Lipinski definition) is 3. The summed E-state index contributed by atoms with van der Waals surface area (Å²) in [6.45, 7) is 4.31. The third kappa shape index (κ3) is 5.11. The normalized spacial score (nSPS) is 26.0. The molecule has 2 aliphatic rings. The van der Waals surface area contributed by atoms with Crippen molar-refractivity contribution in [2.24, 2.45) is 11.8 Å². The van der Waals surface area contributed by atoms with Crippen molar-refractivity contribution in [3.63, 3.8) is 0 Å². The van der Waals surface area contributed by atoms with Gasteiger partial charge in [-0.2, -0.15) is 0 Å². The molecule has 2 N–H and O–H groups in total. The summed E-state index contributed by atoms with van der Waals surface area (Å²) in [5, 5.41) is 6.91. The molecule has 1 amide bonds. The highest BCUT2D eigenvalue weighted by atomic mass is 35.5. The predicted octanol–water partition coefficient (Wildman–Crippen LogP) is 3.85. The molecule has 2 bridgehead atoms. The van der Waals surface area contributed by atoms with E-state index in [9.17, 15) is 4.79 Å². The first-order valence-electron chi connectivity index (χ1n) is 9.24. The van der Waals surface area contributed by atoms with Crippen molar-refractivity contribution in [2.75, 3.05) is 7.11 Å². The molecule has 3 rings (SSSR count). The van der Waals surface area contributed by atoms with Gasteiger partial charge in [-0.1, -0.05) is 26.0 Å². The number of hydrogen-bond donors (Lipinski definition) is 2. The molecule has 0 radical (unpaired) electrons.